The lowest BCUT2D eigenvalue weighted by molar-refractivity contribution is -0.120. The number of amides is 1. The van der Waals surface area contributed by atoms with Crippen molar-refractivity contribution >= 4 is 12.1 Å². The molecule has 0 fully saturated rings. The molecule has 98 valence electrons. The van der Waals surface area contributed by atoms with Gasteiger partial charge in [-0.3, -0.25) is 14.7 Å². The van der Waals surface area contributed by atoms with Crippen molar-refractivity contribution in [2.75, 3.05) is 0 Å². The van der Waals surface area contributed by atoms with Crippen LogP contribution in [0.5, 0.6) is 5.75 Å². The molecule has 0 aliphatic rings. The number of aromatic amines is 2. The second kappa shape index (κ2) is 5.67. The molecule has 1 aromatic carbocycles. The summed E-state index contributed by atoms with van der Waals surface area (Å²) in [5, 5.41) is 17.9. The molecule has 0 atom stereocenters. The van der Waals surface area contributed by atoms with Gasteiger partial charge >= 0.3 is 0 Å². The van der Waals surface area contributed by atoms with Crippen molar-refractivity contribution in [1.82, 2.24) is 15.6 Å². The highest BCUT2D eigenvalue weighted by Gasteiger charge is 2.03. The Bertz CT molecular complexity index is 657. The highest BCUT2D eigenvalue weighted by molar-refractivity contribution is 5.83. The number of hydrazone groups is 1. The minimum absolute atomic E-state index is 0.0239. The summed E-state index contributed by atoms with van der Waals surface area (Å²) in [6.07, 6.45) is 1.44. The van der Waals surface area contributed by atoms with Gasteiger partial charge in [0.05, 0.1) is 12.6 Å². The zero-order chi connectivity index (χ0) is 13.7. The third-order valence-electron chi connectivity index (χ3n) is 2.28. The Kier molecular flexibility index (Phi) is 3.77. The van der Waals surface area contributed by atoms with Crippen LogP contribution in [0.3, 0.4) is 0 Å². The van der Waals surface area contributed by atoms with E-state index >= 15 is 0 Å². The SMILES string of the molecule is O=C(Cc1cc(=O)[nH][nH]1)NN=Cc1cccc(O)c1. The van der Waals surface area contributed by atoms with Gasteiger partial charge in [-0.25, -0.2) is 5.43 Å². The van der Waals surface area contributed by atoms with Gasteiger partial charge in [0.15, 0.2) is 0 Å². The van der Waals surface area contributed by atoms with Gasteiger partial charge in [-0.15, -0.1) is 0 Å². The summed E-state index contributed by atoms with van der Waals surface area (Å²) in [5.74, 6) is -0.230. The van der Waals surface area contributed by atoms with Gasteiger partial charge in [-0.05, 0) is 17.7 Å². The van der Waals surface area contributed by atoms with Crippen LogP contribution in [-0.2, 0) is 11.2 Å². The number of rotatable bonds is 4. The Morgan fingerprint density at radius 3 is 2.89 bits per heavy atom. The molecule has 4 N–H and O–H groups in total. The quantitative estimate of drug-likeness (QED) is 0.462. The van der Waals surface area contributed by atoms with Crippen molar-refractivity contribution in [3.05, 3.63) is 51.9 Å². The molecule has 0 saturated carbocycles. The van der Waals surface area contributed by atoms with E-state index in [2.05, 4.69) is 20.7 Å². The molecule has 7 heteroatoms. The van der Waals surface area contributed by atoms with Crippen LogP contribution in [0.15, 0.2) is 40.2 Å². The first kappa shape index (κ1) is 12.6. The first-order valence-electron chi connectivity index (χ1n) is 5.51. The molecule has 1 amide bonds. The lowest BCUT2D eigenvalue weighted by Crippen LogP contribution is -2.20. The summed E-state index contributed by atoms with van der Waals surface area (Å²) < 4.78 is 0. The molecule has 1 heterocycles. The van der Waals surface area contributed by atoms with E-state index in [-0.39, 0.29) is 23.6 Å². The highest BCUT2D eigenvalue weighted by atomic mass is 16.3. The maximum atomic E-state index is 11.5. The molecule has 0 radical (unpaired) electrons. The van der Waals surface area contributed by atoms with Crippen molar-refractivity contribution in [3.8, 4) is 5.75 Å². The number of phenols is 1. The fourth-order valence-electron chi connectivity index (χ4n) is 1.46. The molecule has 2 rings (SSSR count). The maximum Gasteiger partial charge on any atom is 0.264 e. The van der Waals surface area contributed by atoms with E-state index < -0.39 is 0 Å². The van der Waals surface area contributed by atoms with Gasteiger partial charge in [0.1, 0.15) is 5.75 Å². The topological polar surface area (TPSA) is 110 Å². The van der Waals surface area contributed by atoms with Gasteiger partial charge < -0.3 is 10.2 Å². The minimum Gasteiger partial charge on any atom is -0.508 e. The summed E-state index contributed by atoms with van der Waals surface area (Å²) in [4.78, 5) is 22.3. The fourth-order valence-corrected chi connectivity index (χ4v) is 1.46. The van der Waals surface area contributed by atoms with E-state index in [9.17, 15) is 14.7 Å². The molecular weight excluding hydrogens is 248 g/mol. The van der Waals surface area contributed by atoms with Crippen molar-refractivity contribution in [3.63, 3.8) is 0 Å². The third-order valence-corrected chi connectivity index (χ3v) is 2.28. The van der Waals surface area contributed by atoms with Crippen molar-refractivity contribution in [2.24, 2.45) is 5.10 Å². The zero-order valence-corrected chi connectivity index (χ0v) is 9.88. The fraction of sp³-hybridized carbons (Fsp3) is 0.0833. The van der Waals surface area contributed by atoms with Gasteiger partial charge in [-0.2, -0.15) is 5.10 Å². The summed E-state index contributed by atoms with van der Waals surface area (Å²) in [6, 6.07) is 7.76. The number of nitrogens with one attached hydrogen (secondary N) is 3. The van der Waals surface area contributed by atoms with Crippen LogP contribution in [0.1, 0.15) is 11.3 Å². The van der Waals surface area contributed by atoms with Crippen LogP contribution in [0.25, 0.3) is 0 Å². The molecule has 0 bridgehead atoms. The largest absolute Gasteiger partial charge is 0.508 e. The molecule has 1 aromatic heterocycles. The summed E-state index contributed by atoms with van der Waals surface area (Å²) in [5.41, 5.74) is 3.18. The monoisotopic (exact) mass is 260 g/mol. The highest BCUT2D eigenvalue weighted by Crippen LogP contribution is 2.08. The first-order chi connectivity index (χ1) is 9.13. The number of nitrogens with zero attached hydrogens (tertiary/aromatic N) is 1. The van der Waals surface area contributed by atoms with E-state index in [0.29, 0.717) is 11.3 Å². The maximum absolute atomic E-state index is 11.5. The molecule has 7 nitrogen and oxygen atoms in total. The summed E-state index contributed by atoms with van der Waals surface area (Å²) in [7, 11) is 0. The number of aromatic nitrogens is 2. The van der Waals surface area contributed by atoms with Crippen LogP contribution in [-0.4, -0.2) is 27.4 Å². The average Bonchev–Trinajstić information content (AvgIpc) is 2.75. The predicted molar refractivity (Wildman–Crippen MR) is 69.0 cm³/mol. The van der Waals surface area contributed by atoms with Gasteiger partial charge in [-0.1, -0.05) is 12.1 Å². The van der Waals surface area contributed by atoms with Gasteiger partial charge in [0, 0.05) is 11.8 Å². The number of benzene rings is 1. The lowest BCUT2D eigenvalue weighted by atomic mass is 10.2. The Hall–Kier alpha value is -2.83. The minimum atomic E-state index is -0.355. The molecule has 2 aromatic rings. The van der Waals surface area contributed by atoms with Crippen molar-refractivity contribution < 1.29 is 9.90 Å². The van der Waals surface area contributed by atoms with E-state index in [0.717, 1.165) is 0 Å². The second-order valence-electron chi connectivity index (χ2n) is 3.85. The number of carbonyl (C=O) groups is 1. The Balaban J connectivity index is 1.88. The Labute approximate surface area is 108 Å². The zero-order valence-electron chi connectivity index (χ0n) is 9.88. The number of hydrogen-bond acceptors (Lipinski definition) is 4. The van der Waals surface area contributed by atoms with Crippen LogP contribution < -0.4 is 11.0 Å². The standard InChI is InChI=1S/C12H12N4O3/c17-10-3-1-2-8(4-10)7-13-15-11(18)5-9-6-12(19)16-14-9/h1-4,6-7,17H,5H2,(H,15,18)(H2,14,16,19). The molecule has 0 aliphatic carbocycles. The molecule has 19 heavy (non-hydrogen) atoms. The average molecular weight is 260 g/mol. The molecule has 0 spiro atoms. The normalized spacial score (nSPS) is 10.7. The van der Waals surface area contributed by atoms with Crippen molar-refractivity contribution in [1.29, 1.82) is 0 Å². The van der Waals surface area contributed by atoms with Gasteiger partial charge in [0.25, 0.3) is 5.56 Å². The number of hydrogen-bond donors (Lipinski definition) is 4. The smallest absolute Gasteiger partial charge is 0.264 e. The van der Waals surface area contributed by atoms with E-state index in [1.165, 1.54) is 24.4 Å². The number of H-pyrrole nitrogens is 2. The molecule has 0 aliphatic heterocycles. The molecule has 0 unspecified atom stereocenters. The van der Waals surface area contributed by atoms with Crippen LogP contribution in [0, 0.1) is 0 Å². The van der Waals surface area contributed by atoms with E-state index in [1.54, 1.807) is 12.1 Å². The summed E-state index contributed by atoms with van der Waals surface area (Å²) >= 11 is 0. The predicted octanol–water partition coefficient (Wildman–Crippen LogP) is 0.101. The molecular formula is C12H12N4O3. The number of carbonyl (C=O) groups excluding carboxylic acids is 1. The summed E-state index contributed by atoms with van der Waals surface area (Å²) in [6.45, 7) is 0. The Morgan fingerprint density at radius 1 is 1.37 bits per heavy atom. The van der Waals surface area contributed by atoms with Crippen LogP contribution in [0.4, 0.5) is 0 Å². The van der Waals surface area contributed by atoms with Crippen LogP contribution in [0.2, 0.25) is 0 Å². The molecule has 0 saturated heterocycles. The van der Waals surface area contributed by atoms with E-state index in [1.807, 2.05) is 0 Å². The Morgan fingerprint density at radius 2 is 2.21 bits per heavy atom. The number of phenolic OH excluding ortho intramolecular Hbond substituents is 1. The van der Waals surface area contributed by atoms with Crippen molar-refractivity contribution in [2.45, 2.75) is 6.42 Å². The second-order valence-corrected chi connectivity index (χ2v) is 3.85. The van der Waals surface area contributed by atoms with E-state index in [4.69, 9.17) is 0 Å². The third kappa shape index (κ3) is 3.84. The van der Waals surface area contributed by atoms with Crippen LogP contribution >= 0.6 is 0 Å². The lowest BCUT2D eigenvalue weighted by Gasteiger charge is -1.97. The number of aromatic hydroxyl groups is 1. The first-order valence-corrected chi connectivity index (χ1v) is 5.51. The van der Waals surface area contributed by atoms with Gasteiger partial charge in [0.2, 0.25) is 5.91 Å².